The van der Waals surface area contributed by atoms with Crippen LogP contribution in [0.2, 0.25) is 5.02 Å². The average molecular weight is 224 g/mol. The van der Waals surface area contributed by atoms with E-state index in [9.17, 15) is 0 Å². The molecule has 0 aliphatic rings. The van der Waals surface area contributed by atoms with E-state index in [4.69, 9.17) is 22.1 Å². The summed E-state index contributed by atoms with van der Waals surface area (Å²) >= 11 is 6.15. The first-order chi connectivity index (χ1) is 7.24. The van der Waals surface area contributed by atoms with Crippen molar-refractivity contribution in [2.24, 2.45) is 0 Å². The maximum Gasteiger partial charge on any atom is 0.138 e. The van der Waals surface area contributed by atoms with Crippen molar-refractivity contribution in [1.29, 1.82) is 0 Å². The lowest BCUT2D eigenvalue weighted by Crippen LogP contribution is -1.90. The molecule has 0 bridgehead atoms. The van der Waals surface area contributed by atoms with Crippen LogP contribution in [0.15, 0.2) is 24.4 Å². The second kappa shape index (κ2) is 3.82. The number of H-pyrrole nitrogens is 1. The Morgan fingerprint density at radius 3 is 2.80 bits per heavy atom. The number of nitrogens with two attached hydrogens (primary N) is 1. The maximum atomic E-state index is 6.15. The monoisotopic (exact) mass is 223 g/mol. The number of halogens is 1. The number of nitrogens with one attached hydrogen (secondary N) is 1. The van der Waals surface area contributed by atoms with Crippen molar-refractivity contribution in [3.8, 4) is 16.9 Å². The Bertz CT molecular complexity index is 481. The van der Waals surface area contributed by atoms with Crippen molar-refractivity contribution < 1.29 is 4.74 Å². The highest BCUT2D eigenvalue weighted by atomic mass is 35.5. The molecule has 4 nitrogen and oxygen atoms in total. The van der Waals surface area contributed by atoms with Crippen molar-refractivity contribution >= 4 is 17.4 Å². The number of methoxy groups -OCH3 is 1. The van der Waals surface area contributed by atoms with E-state index < -0.39 is 0 Å². The molecule has 1 aromatic carbocycles. The first-order valence-electron chi connectivity index (χ1n) is 4.35. The van der Waals surface area contributed by atoms with E-state index in [1.807, 2.05) is 12.1 Å². The van der Waals surface area contributed by atoms with Crippen LogP contribution in [0.3, 0.4) is 0 Å². The van der Waals surface area contributed by atoms with Crippen molar-refractivity contribution in [3.63, 3.8) is 0 Å². The van der Waals surface area contributed by atoms with Gasteiger partial charge in [0.25, 0.3) is 0 Å². The molecule has 1 heterocycles. The minimum absolute atomic E-state index is 0.491. The fraction of sp³-hybridized carbons (Fsp3) is 0.100. The Morgan fingerprint density at radius 2 is 2.20 bits per heavy atom. The molecule has 0 radical (unpaired) electrons. The molecule has 15 heavy (non-hydrogen) atoms. The lowest BCUT2D eigenvalue weighted by molar-refractivity contribution is 0.415. The van der Waals surface area contributed by atoms with Gasteiger partial charge in [-0.3, -0.25) is 5.10 Å². The van der Waals surface area contributed by atoms with Crippen LogP contribution in [-0.2, 0) is 0 Å². The fourth-order valence-corrected chi connectivity index (χ4v) is 1.69. The number of nitrogens with zero attached hydrogens (tertiary/aromatic N) is 1. The average Bonchev–Trinajstić information content (AvgIpc) is 2.65. The van der Waals surface area contributed by atoms with Gasteiger partial charge in [0.1, 0.15) is 11.6 Å². The van der Waals surface area contributed by atoms with Crippen LogP contribution in [0.5, 0.6) is 5.75 Å². The Labute approximate surface area is 92.0 Å². The number of hydrogen-bond acceptors (Lipinski definition) is 3. The second-order valence-electron chi connectivity index (χ2n) is 3.02. The number of nitrogen functional groups attached to an aromatic ring is 1. The van der Waals surface area contributed by atoms with Crippen molar-refractivity contribution in [1.82, 2.24) is 10.2 Å². The fourth-order valence-electron chi connectivity index (χ4n) is 1.39. The van der Waals surface area contributed by atoms with Gasteiger partial charge in [0.15, 0.2) is 0 Å². The minimum atomic E-state index is 0.491. The highest BCUT2D eigenvalue weighted by molar-refractivity contribution is 6.35. The van der Waals surface area contributed by atoms with Crippen LogP contribution < -0.4 is 10.5 Å². The number of benzene rings is 1. The summed E-state index contributed by atoms with van der Waals surface area (Å²) in [5.74, 6) is 1.11. The first-order valence-corrected chi connectivity index (χ1v) is 4.73. The molecule has 0 aliphatic carbocycles. The lowest BCUT2D eigenvalue weighted by Gasteiger charge is -2.07. The quantitative estimate of drug-likeness (QED) is 0.821. The third kappa shape index (κ3) is 1.64. The van der Waals surface area contributed by atoms with Gasteiger partial charge >= 0.3 is 0 Å². The molecule has 2 rings (SSSR count). The van der Waals surface area contributed by atoms with Crippen LogP contribution in [-0.4, -0.2) is 17.3 Å². The van der Waals surface area contributed by atoms with Crippen LogP contribution >= 0.6 is 11.6 Å². The molecule has 78 valence electrons. The largest absolute Gasteiger partial charge is 0.495 e. The highest BCUT2D eigenvalue weighted by Gasteiger charge is 2.11. The zero-order valence-corrected chi connectivity index (χ0v) is 8.88. The third-order valence-electron chi connectivity index (χ3n) is 2.14. The maximum absolute atomic E-state index is 6.15. The van der Waals surface area contributed by atoms with Gasteiger partial charge in [-0.2, -0.15) is 5.10 Å². The summed E-state index contributed by atoms with van der Waals surface area (Å²) < 4.78 is 5.12. The topological polar surface area (TPSA) is 63.9 Å². The van der Waals surface area contributed by atoms with Crippen LogP contribution in [0.25, 0.3) is 11.1 Å². The molecule has 1 aromatic heterocycles. The number of aromatic nitrogens is 2. The standard InChI is InChI=1S/C10H10ClN3O/c1-15-8-4-2-3-6(9(8)11)7-5-13-14-10(7)12/h2-5H,1H3,(H3,12,13,14). The lowest BCUT2D eigenvalue weighted by atomic mass is 10.1. The Hall–Kier alpha value is -1.68. The summed E-state index contributed by atoms with van der Waals surface area (Å²) in [6.45, 7) is 0. The predicted octanol–water partition coefficient (Wildman–Crippen LogP) is 2.32. The summed E-state index contributed by atoms with van der Waals surface area (Å²) in [4.78, 5) is 0. The molecular weight excluding hydrogens is 214 g/mol. The smallest absolute Gasteiger partial charge is 0.138 e. The third-order valence-corrected chi connectivity index (χ3v) is 2.53. The van der Waals surface area contributed by atoms with Gasteiger partial charge in [-0.15, -0.1) is 0 Å². The van der Waals surface area contributed by atoms with Gasteiger partial charge in [-0.05, 0) is 6.07 Å². The summed E-state index contributed by atoms with van der Waals surface area (Å²) in [6.07, 6.45) is 1.63. The summed E-state index contributed by atoms with van der Waals surface area (Å²) in [5, 5.41) is 7.04. The molecule has 0 aliphatic heterocycles. The summed E-state index contributed by atoms with van der Waals surface area (Å²) in [6, 6.07) is 5.51. The summed E-state index contributed by atoms with van der Waals surface area (Å²) in [7, 11) is 1.57. The minimum Gasteiger partial charge on any atom is -0.495 e. The van der Waals surface area contributed by atoms with E-state index in [-0.39, 0.29) is 0 Å². The zero-order valence-electron chi connectivity index (χ0n) is 8.12. The number of hydrogen-bond donors (Lipinski definition) is 2. The molecule has 0 saturated carbocycles. The number of anilines is 1. The van der Waals surface area contributed by atoms with Gasteiger partial charge in [0.2, 0.25) is 0 Å². The number of aromatic amines is 1. The van der Waals surface area contributed by atoms with Crippen LogP contribution in [0.1, 0.15) is 0 Å². The van der Waals surface area contributed by atoms with E-state index in [1.54, 1.807) is 19.4 Å². The van der Waals surface area contributed by atoms with E-state index >= 15 is 0 Å². The van der Waals surface area contributed by atoms with Gasteiger partial charge in [-0.1, -0.05) is 23.7 Å². The van der Waals surface area contributed by atoms with E-state index in [2.05, 4.69) is 10.2 Å². The van der Waals surface area contributed by atoms with Gasteiger partial charge in [-0.25, -0.2) is 0 Å². The van der Waals surface area contributed by atoms with Crippen LogP contribution in [0, 0.1) is 0 Å². The molecule has 0 spiro atoms. The highest BCUT2D eigenvalue weighted by Crippen LogP contribution is 2.36. The molecule has 0 atom stereocenters. The van der Waals surface area contributed by atoms with Gasteiger partial charge < -0.3 is 10.5 Å². The molecule has 0 unspecified atom stereocenters. The first kappa shape index (κ1) is 9.86. The second-order valence-corrected chi connectivity index (χ2v) is 3.40. The van der Waals surface area contributed by atoms with E-state index in [1.165, 1.54) is 0 Å². The van der Waals surface area contributed by atoms with Crippen molar-refractivity contribution in [2.45, 2.75) is 0 Å². The molecule has 5 heteroatoms. The zero-order chi connectivity index (χ0) is 10.8. The number of rotatable bonds is 2. The van der Waals surface area contributed by atoms with E-state index in [0.29, 0.717) is 16.6 Å². The molecule has 0 fully saturated rings. The Kier molecular flexibility index (Phi) is 2.51. The number of ether oxygens (including phenoxy) is 1. The predicted molar refractivity (Wildman–Crippen MR) is 60.0 cm³/mol. The van der Waals surface area contributed by atoms with Gasteiger partial charge in [0.05, 0.1) is 18.3 Å². The van der Waals surface area contributed by atoms with Crippen molar-refractivity contribution in [3.05, 3.63) is 29.4 Å². The molecule has 3 N–H and O–H groups in total. The SMILES string of the molecule is COc1cccc(-c2cn[nH]c2N)c1Cl. The van der Waals surface area contributed by atoms with Gasteiger partial charge in [0, 0.05) is 11.1 Å². The molecule has 0 saturated heterocycles. The Balaban J connectivity index is 2.59. The molecule has 0 amide bonds. The molecular formula is C10H10ClN3O. The van der Waals surface area contributed by atoms with E-state index in [0.717, 1.165) is 11.1 Å². The normalized spacial score (nSPS) is 10.3. The Morgan fingerprint density at radius 1 is 1.40 bits per heavy atom. The summed E-state index contributed by atoms with van der Waals surface area (Å²) in [5.41, 5.74) is 7.30. The van der Waals surface area contributed by atoms with Crippen LogP contribution in [0.4, 0.5) is 5.82 Å². The molecule has 2 aromatic rings. The van der Waals surface area contributed by atoms with Crippen molar-refractivity contribution in [2.75, 3.05) is 12.8 Å².